The second-order valence-electron chi connectivity index (χ2n) is 13.0. The topological polar surface area (TPSA) is 106 Å². The third-order valence-electron chi connectivity index (χ3n) is 9.28. The number of ether oxygens (including phenoxy) is 3. The number of amides is 1. The van der Waals surface area contributed by atoms with Crippen molar-refractivity contribution in [2.75, 3.05) is 46.4 Å². The van der Waals surface area contributed by atoms with Crippen molar-refractivity contribution in [3.8, 4) is 0 Å². The van der Waals surface area contributed by atoms with Gasteiger partial charge in [-0.2, -0.15) is 5.10 Å². The van der Waals surface area contributed by atoms with E-state index in [1.165, 1.54) is 6.07 Å². The molecule has 10 nitrogen and oxygen atoms in total. The number of piperazine rings is 1. The zero-order valence-corrected chi connectivity index (χ0v) is 26.9. The normalized spacial score (nSPS) is 28.4. The average Bonchev–Trinajstić information content (AvgIpc) is 3.45. The van der Waals surface area contributed by atoms with Gasteiger partial charge in [0.25, 0.3) is 0 Å². The Hall–Kier alpha value is -3.28. The van der Waals surface area contributed by atoms with Crippen LogP contribution in [0.15, 0.2) is 36.1 Å². The van der Waals surface area contributed by atoms with Gasteiger partial charge >= 0.3 is 12.1 Å². The number of carbonyl (C=O) groups excluding carboxylic acids is 2. The SMILES string of the molecule is C/C(=C\c1cc(F)c2cn(C3CCOCC3)nc2c1)C1OC(=O)CC(O)CCC(C)C(OC(=O)N2CCN(C)CC2)C=CC1C. The standard InChI is InChI=1S/C34H47FN4O6/c1-22-5-7-27(40)20-32(41)45-33(23(2)6-8-31(22)44-34(42)38-13-11-37(4)12-14-38)24(3)17-25-18-29(35)28-21-39(36-30(28)19-25)26-9-15-43-16-10-26/h6,8,17-19,21-23,26-27,31,33,40H,5,7,9-16,20H2,1-4H3/b8-6?,24-17+. The van der Waals surface area contributed by atoms with Crippen LogP contribution in [0.25, 0.3) is 17.0 Å². The van der Waals surface area contributed by atoms with Crippen LogP contribution in [0.1, 0.15) is 64.5 Å². The fourth-order valence-corrected chi connectivity index (χ4v) is 6.31. The van der Waals surface area contributed by atoms with Crippen LogP contribution in [0, 0.1) is 17.7 Å². The number of cyclic esters (lactones) is 1. The first kappa shape index (κ1) is 33.1. The molecule has 2 aromatic rings. The average molecular weight is 627 g/mol. The smallest absolute Gasteiger partial charge is 0.410 e. The lowest BCUT2D eigenvalue weighted by molar-refractivity contribution is -0.151. The summed E-state index contributed by atoms with van der Waals surface area (Å²) in [6, 6.07) is 3.49. The minimum Gasteiger partial charge on any atom is -0.457 e. The highest BCUT2D eigenvalue weighted by Gasteiger charge is 2.29. The Bertz CT molecular complexity index is 1390. The van der Waals surface area contributed by atoms with Crippen molar-refractivity contribution in [1.82, 2.24) is 19.6 Å². The largest absolute Gasteiger partial charge is 0.457 e. The van der Waals surface area contributed by atoms with Gasteiger partial charge in [-0.15, -0.1) is 0 Å². The maximum Gasteiger partial charge on any atom is 0.410 e. The number of aromatic nitrogens is 2. The van der Waals surface area contributed by atoms with Crippen LogP contribution in [0.4, 0.5) is 9.18 Å². The van der Waals surface area contributed by atoms with E-state index in [9.17, 15) is 14.7 Å². The molecule has 1 aromatic heterocycles. The van der Waals surface area contributed by atoms with Crippen LogP contribution in [0.2, 0.25) is 0 Å². The molecule has 0 saturated carbocycles. The predicted octanol–water partition coefficient (Wildman–Crippen LogP) is 4.97. The quantitative estimate of drug-likeness (QED) is 0.375. The van der Waals surface area contributed by atoms with Gasteiger partial charge in [-0.3, -0.25) is 9.48 Å². The molecule has 5 rings (SSSR count). The second-order valence-corrected chi connectivity index (χ2v) is 13.0. The summed E-state index contributed by atoms with van der Waals surface area (Å²) in [4.78, 5) is 29.9. The number of rotatable bonds is 4. The van der Waals surface area contributed by atoms with Gasteiger partial charge in [-0.25, -0.2) is 9.18 Å². The Kier molecular flexibility index (Phi) is 10.9. The van der Waals surface area contributed by atoms with E-state index in [4.69, 9.17) is 14.2 Å². The summed E-state index contributed by atoms with van der Waals surface area (Å²) in [5, 5.41) is 15.8. The van der Waals surface area contributed by atoms with Crippen LogP contribution in [0.3, 0.4) is 0 Å². The van der Waals surface area contributed by atoms with Crippen molar-refractivity contribution < 1.29 is 33.3 Å². The van der Waals surface area contributed by atoms with Crippen LogP contribution < -0.4 is 0 Å². The molecular formula is C34H47FN4O6. The fourth-order valence-electron chi connectivity index (χ4n) is 6.31. The number of aliphatic hydroxyl groups is 1. The number of hydrogen-bond acceptors (Lipinski definition) is 8. The van der Waals surface area contributed by atoms with Gasteiger partial charge < -0.3 is 29.1 Å². The maximum absolute atomic E-state index is 15.3. The van der Waals surface area contributed by atoms with Gasteiger partial charge in [-0.05, 0) is 74.9 Å². The third-order valence-corrected chi connectivity index (χ3v) is 9.28. The minimum atomic E-state index is -0.875. The first-order chi connectivity index (χ1) is 21.6. The molecule has 2 fully saturated rings. The number of hydrogen-bond donors (Lipinski definition) is 1. The van der Waals surface area contributed by atoms with Crippen molar-refractivity contribution in [2.24, 2.45) is 11.8 Å². The number of likely N-dealkylation sites (N-methyl/N-ethyl adjacent to an activating group) is 1. The van der Waals surface area contributed by atoms with E-state index in [0.29, 0.717) is 61.2 Å². The summed E-state index contributed by atoms with van der Waals surface area (Å²) in [6.45, 7) is 9.90. The van der Waals surface area contributed by atoms with Gasteiger partial charge in [0, 0.05) is 51.5 Å². The molecule has 5 unspecified atom stereocenters. The van der Waals surface area contributed by atoms with Gasteiger partial charge in [-0.1, -0.05) is 26.0 Å². The molecule has 0 aliphatic carbocycles. The highest BCUT2D eigenvalue weighted by Crippen LogP contribution is 2.29. The Labute approximate surface area is 264 Å². The lowest BCUT2D eigenvalue weighted by Gasteiger charge is -2.33. The lowest BCUT2D eigenvalue weighted by atomic mass is 9.91. The Morgan fingerprint density at radius 1 is 1.09 bits per heavy atom. The van der Waals surface area contributed by atoms with Gasteiger partial charge in [0.05, 0.1) is 29.5 Å². The second kappa shape index (κ2) is 14.9. The molecule has 1 N–H and O–H groups in total. The van der Waals surface area contributed by atoms with Crippen LogP contribution in [0.5, 0.6) is 0 Å². The van der Waals surface area contributed by atoms with E-state index >= 15 is 4.39 Å². The van der Waals surface area contributed by atoms with Crippen LogP contribution >= 0.6 is 0 Å². The van der Waals surface area contributed by atoms with E-state index in [2.05, 4.69) is 10.00 Å². The van der Waals surface area contributed by atoms with E-state index < -0.39 is 24.3 Å². The summed E-state index contributed by atoms with van der Waals surface area (Å²) in [6.07, 6.45) is 7.46. The number of nitrogens with zero attached hydrogens (tertiary/aromatic N) is 4. The first-order valence-corrected chi connectivity index (χ1v) is 16.2. The molecule has 45 heavy (non-hydrogen) atoms. The van der Waals surface area contributed by atoms with E-state index in [-0.39, 0.29) is 36.2 Å². The summed E-state index contributed by atoms with van der Waals surface area (Å²) < 4.78 is 34.5. The monoisotopic (exact) mass is 626 g/mol. The van der Waals surface area contributed by atoms with E-state index in [1.54, 1.807) is 11.1 Å². The maximum atomic E-state index is 15.3. The number of fused-ring (bicyclic) bond motifs is 1. The predicted molar refractivity (Wildman–Crippen MR) is 169 cm³/mol. The summed E-state index contributed by atoms with van der Waals surface area (Å²) in [5.74, 6) is -1.22. The third kappa shape index (κ3) is 8.51. The molecule has 0 spiro atoms. The molecule has 2 saturated heterocycles. The van der Waals surface area contributed by atoms with Crippen molar-refractivity contribution in [1.29, 1.82) is 0 Å². The number of halogens is 1. The van der Waals surface area contributed by atoms with Crippen molar-refractivity contribution in [2.45, 2.75) is 77.2 Å². The Morgan fingerprint density at radius 2 is 1.82 bits per heavy atom. The summed E-state index contributed by atoms with van der Waals surface area (Å²) >= 11 is 0. The Balaban J connectivity index is 1.37. The van der Waals surface area contributed by atoms with Crippen LogP contribution in [-0.4, -0.2) is 102 Å². The highest BCUT2D eigenvalue weighted by molar-refractivity contribution is 5.82. The molecule has 1 amide bonds. The zero-order chi connectivity index (χ0) is 32.1. The molecule has 3 aliphatic heterocycles. The fraction of sp³-hybridized carbons (Fsp3) is 0.618. The van der Waals surface area contributed by atoms with Crippen molar-refractivity contribution in [3.05, 3.63) is 47.4 Å². The van der Waals surface area contributed by atoms with Gasteiger partial charge in [0.15, 0.2) is 0 Å². The zero-order valence-electron chi connectivity index (χ0n) is 26.9. The molecular weight excluding hydrogens is 579 g/mol. The number of aliphatic hydroxyl groups excluding tert-OH is 1. The molecule has 1 aromatic carbocycles. The van der Waals surface area contributed by atoms with E-state index in [0.717, 1.165) is 25.9 Å². The summed E-state index contributed by atoms with van der Waals surface area (Å²) in [5.41, 5.74) is 1.89. The van der Waals surface area contributed by atoms with Gasteiger partial charge in [0.1, 0.15) is 18.0 Å². The van der Waals surface area contributed by atoms with Crippen LogP contribution in [-0.2, 0) is 19.0 Å². The van der Waals surface area contributed by atoms with Crippen molar-refractivity contribution in [3.63, 3.8) is 0 Å². The number of esters is 1. The van der Waals surface area contributed by atoms with Crippen molar-refractivity contribution >= 4 is 29.0 Å². The summed E-state index contributed by atoms with van der Waals surface area (Å²) in [7, 11) is 2.03. The van der Waals surface area contributed by atoms with Gasteiger partial charge in [0.2, 0.25) is 0 Å². The molecule has 3 aliphatic rings. The minimum absolute atomic E-state index is 0.0688. The Morgan fingerprint density at radius 3 is 2.56 bits per heavy atom. The highest BCUT2D eigenvalue weighted by atomic mass is 19.1. The molecule has 0 bridgehead atoms. The molecule has 4 heterocycles. The molecule has 5 atom stereocenters. The molecule has 11 heteroatoms. The number of benzene rings is 1. The first-order valence-electron chi connectivity index (χ1n) is 16.2. The van der Waals surface area contributed by atoms with E-state index in [1.807, 2.05) is 56.8 Å². The molecule has 0 radical (unpaired) electrons. The number of carbonyl (C=O) groups is 2. The molecule has 246 valence electrons. The lowest BCUT2D eigenvalue weighted by Crippen LogP contribution is -2.48.